The summed E-state index contributed by atoms with van der Waals surface area (Å²) in [5, 5.41) is 11.1. The van der Waals surface area contributed by atoms with Gasteiger partial charge in [0, 0.05) is 23.4 Å². The molecule has 1 N–H and O–H groups in total. The Hall–Kier alpha value is -3.29. The van der Waals surface area contributed by atoms with Crippen LogP contribution in [0.25, 0.3) is 27.3 Å². The monoisotopic (exact) mass is 472 g/mol. The Balaban J connectivity index is 1.55. The average molecular weight is 473 g/mol. The summed E-state index contributed by atoms with van der Waals surface area (Å²) in [5.41, 5.74) is 4.53. The Kier molecular flexibility index (Phi) is 6.07. The zero-order valence-corrected chi connectivity index (χ0v) is 20.1. The van der Waals surface area contributed by atoms with Crippen LogP contribution >= 0.6 is 23.1 Å². The molecule has 33 heavy (non-hydrogen) atoms. The zero-order valence-electron chi connectivity index (χ0n) is 18.5. The quantitative estimate of drug-likeness (QED) is 0.286. The second-order valence-electron chi connectivity index (χ2n) is 7.62. The number of fused-ring (bicyclic) bond motifs is 1. The molecule has 5 aromatic rings. The molecule has 0 aliphatic rings. The van der Waals surface area contributed by atoms with Gasteiger partial charge in [0.15, 0.2) is 0 Å². The minimum atomic E-state index is -0.0845. The van der Waals surface area contributed by atoms with Gasteiger partial charge in [-0.1, -0.05) is 36.4 Å². The van der Waals surface area contributed by atoms with Gasteiger partial charge in [0.1, 0.15) is 17.0 Å². The van der Waals surface area contributed by atoms with Gasteiger partial charge in [-0.05, 0) is 60.5 Å². The summed E-state index contributed by atoms with van der Waals surface area (Å²) in [4.78, 5) is 15.6. The summed E-state index contributed by atoms with van der Waals surface area (Å²) in [6.07, 6.45) is 2.06. The normalized spacial score (nSPS) is 11.2. The van der Waals surface area contributed by atoms with Crippen molar-refractivity contribution in [3.63, 3.8) is 0 Å². The van der Waals surface area contributed by atoms with Crippen molar-refractivity contribution >= 4 is 40.0 Å². The number of nitrogens with zero attached hydrogens (tertiary/aromatic N) is 3. The van der Waals surface area contributed by atoms with Gasteiger partial charge >= 0.3 is 0 Å². The lowest BCUT2D eigenvalue weighted by atomic mass is 10.2. The molecule has 5 nitrogen and oxygen atoms in total. The Morgan fingerprint density at radius 1 is 1.06 bits per heavy atom. The topological polar surface area (TPSA) is 51.9 Å². The van der Waals surface area contributed by atoms with E-state index in [0.717, 1.165) is 32.9 Å². The first-order valence-electron chi connectivity index (χ1n) is 10.8. The van der Waals surface area contributed by atoms with Crippen LogP contribution in [-0.2, 0) is 13.1 Å². The lowest BCUT2D eigenvalue weighted by molar-refractivity contribution is 0.0942. The van der Waals surface area contributed by atoms with Crippen LogP contribution in [0.5, 0.6) is 0 Å². The predicted octanol–water partition coefficient (Wildman–Crippen LogP) is 6.23. The summed E-state index contributed by atoms with van der Waals surface area (Å²) in [7, 11) is 0. The first kappa shape index (κ1) is 21.6. The number of hydrogen-bond acceptors (Lipinski definition) is 4. The van der Waals surface area contributed by atoms with E-state index < -0.39 is 0 Å². The van der Waals surface area contributed by atoms with E-state index in [1.54, 1.807) is 23.1 Å². The van der Waals surface area contributed by atoms with Crippen molar-refractivity contribution < 1.29 is 4.79 Å². The fourth-order valence-electron chi connectivity index (χ4n) is 4.01. The highest BCUT2D eigenvalue weighted by Crippen LogP contribution is 2.34. The molecule has 0 spiro atoms. The van der Waals surface area contributed by atoms with E-state index >= 15 is 0 Å². The lowest BCUT2D eigenvalue weighted by Gasteiger charge is -2.11. The van der Waals surface area contributed by atoms with Crippen molar-refractivity contribution in [3.05, 3.63) is 89.4 Å². The fourth-order valence-corrected chi connectivity index (χ4v) is 5.14. The van der Waals surface area contributed by atoms with Gasteiger partial charge in [-0.2, -0.15) is 5.10 Å². The number of aromatic nitrogens is 3. The predicted molar refractivity (Wildman–Crippen MR) is 137 cm³/mol. The molecule has 0 radical (unpaired) electrons. The molecule has 0 bridgehead atoms. The van der Waals surface area contributed by atoms with E-state index in [-0.39, 0.29) is 5.91 Å². The van der Waals surface area contributed by atoms with Gasteiger partial charge in [0.05, 0.1) is 10.6 Å². The Morgan fingerprint density at radius 2 is 1.85 bits per heavy atom. The smallest absolute Gasteiger partial charge is 0.268 e. The van der Waals surface area contributed by atoms with Gasteiger partial charge in [0.25, 0.3) is 5.91 Å². The van der Waals surface area contributed by atoms with Crippen molar-refractivity contribution in [2.45, 2.75) is 24.9 Å². The summed E-state index contributed by atoms with van der Waals surface area (Å²) >= 11 is 3.36. The molecular weight excluding hydrogens is 448 g/mol. The highest BCUT2D eigenvalue weighted by molar-refractivity contribution is 7.98. The second kappa shape index (κ2) is 9.29. The first-order chi connectivity index (χ1) is 16.2. The molecular formula is C26H24N4OS2. The highest BCUT2D eigenvalue weighted by atomic mass is 32.2. The van der Waals surface area contributed by atoms with Crippen LogP contribution in [-0.4, -0.2) is 26.5 Å². The number of carbonyl (C=O) groups is 1. The van der Waals surface area contributed by atoms with Gasteiger partial charge in [-0.25, -0.2) is 4.68 Å². The number of carbonyl (C=O) groups excluding carboxylic acids is 1. The standard InChI is InChI=1S/C26H24N4OS2/c1-3-29-22(25(31)27-17-18-11-13-20(32-2)14-12-18)16-21-24(23-10-7-15-33-23)28-30(26(21)29)19-8-5-4-6-9-19/h4-16H,3,17H2,1-2H3,(H,27,31). The second-order valence-corrected chi connectivity index (χ2v) is 9.44. The minimum Gasteiger partial charge on any atom is -0.347 e. The van der Waals surface area contributed by atoms with Crippen molar-refractivity contribution in [2.75, 3.05) is 6.26 Å². The molecule has 0 saturated carbocycles. The third-order valence-electron chi connectivity index (χ3n) is 5.64. The van der Waals surface area contributed by atoms with Gasteiger partial charge in [-0.15, -0.1) is 23.1 Å². The van der Waals surface area contributed by atoms with Crippen molar-refractivity contribution in [1.82, 2.24) is 19.7 Å². The van der Waals surface area contributed by atoms with Crippen LogP contribution in [0, 0.1) is 0 Å². The Bertz CT molecular complexity index is 1380. The fraction of sp³-hybridized carbons (Fsp3) is 0.154. The number of thiophene rings is 1. The number of rotatable bonds is 7. The molecule has 0 aliphatic carbocycles. The zero-order chi connectivity index (χ0) is 22.8. The third-order valence-corrected chi connectivity index (χ3v) is 7.26. The van der Waals surface area contributed by atoms with Crippen LogP contribution < -0.4 is 5.32 Å². The number of benzene rings is 2. The summed E-state index contributed by atoms with van der Waals surface area (Å²) in [5.74, 6) is -0.0845. The summed E-state index contributed by atoms with van der Waals surface area (Å²) < 4.78 is 4.00. The van der Waals surface area contributed by atoms with Gasteiger partial charge in [0.2, 0.25) is 0 Å². The minimum absolute atomic E-state index is 0.0845. The lowest BCUT2D eigenvalue weighted by Crippen LogP contribution is -2.25. The Labute approximate surface area is 201 Å². The van der Waals surface area contributed by atoms with E-state index in [2.05, 4.69) is 58.8 Å². The molecule has 3 aromatic heterocycles. The number of nitrogens with one attached hydrogen (secondary N) is 1. The highest BCUT2D eigenvalue weighted by Gasteiger charge is 2.23. The maximum Gasteiger partial charge on any atom is 0.268 e. The summed E-state index contributed by atoms with van der Waals surface area (Å²) in [6, 6.07) is 24.4. The van der Waals surface area contributed by atoms with Crippen molar-refractivity contribution in [3.8, 4) is 16.3 Å². The van der Waals surface area contributed by atoms with E-state index in [1.165, 1.54) is 4.90 Å². The summed E-state index contributed by atoms with van der Waals surface area (Å²) in [6.45, 7) is 3.21. The van der Waals surface area contributed by atoms with Crippen molar-refractivity contribution in [2.24, 2.45) is 0 Å². The maximum atomic E-state index is 13.3. The van der Waals surface area contributed by atoms with E-state index in [4.69, 9.17) is 5.10 Å². The van der Waals surface area contributed by atoms with Crippen LogP contribution in [0.3, 0.4) is 0 Å². The number of hydrogen-bond donors (Lipinski definition) is 1. The van der Waals surface area contributed by atoms with Crippen LogP contribution in [0.4, 0.5) is 0 Å². The maximum absolute atomic E-state index is 13.3. The number of thioether (sulfide) groups is 1. The molecule has 3 heterocycles. The van der Waals surface area contributed by atoms with Crippen LogP contribution in [0.1, 0.15) is 23.0 Å². The van der Waals surface area contributed by atoms with Gasteiger partial charge in [-0.3, -0.25) is 4.79 Å². The van der Waals surface area contributed by atoms with Crippen molar-refractivity contribution in [1.29, 1.82) is 0 Å². The molecule has 0 fully saturated rings. The van der Waals surface area contributed by atoms with Crippen LogP contribution in [0.15, 0.2) is 83.1 Å². The third kappa shape index (κ3) is 4.10. The molecule has 2 aromatic carbocycles. The van der Waals surface area contributed by atoms with E-state index in [9.17, 15) is 4.79 Å². The first-order valence-corrected chi connectivity index (χ1v) is 12.9. The number of aryl methyl sites for hydroxylation is 1. The van der Waals surface area contributed by atoms with E-state index in [0.29, 0.717) is 18.8 Å². The molecule has 1 amide bonds. The van der Waals surface area contributed by atoms with Crippen LogP contribution in [0.2, 0.25) is 0 Å². The average Bonchev–Trinajstić information content (AvgIpc) is 3.59. The molecule has 0 aliphatic heterocycles. The number of para-hydroxylation sites is 1. The molecule has 166 valence electrons. The number of amides is 1. The molecule has 0 atom stereocenters. The van der Waals surface area contributed by atoms with E-state index in [1.807, 2.05) is 47.1 Å². The molecule has 0 saturated heterocycles. The molecule has 5 rings (SSSR count). The van der Waals surface area contributed by atoms with Gasteiger partial charge < -0.3 is 9.88 Å². The SMILES string of the molecule is CCn1c(C(=O)NCc2ccc(SC)cc2)cc2c(-c3cccs3)nn(-c3ccccc3)c21. The Morgan fingerprint density at radius 3 is 2.52 bits per heavy atom. The molecule has 0 unspecified atom stereocenters. The largest absolute Gasteiger partial charge is 0.347 e. The molecule has 7 heteroatoms.